The van der Waals surface area contributed by atoms with Gasteiger partial charge < -0.3 is 9.84 Å². The van der Waals surface area contributed by atoms with Crippen LogP contribution in [0.15, 0.2) is 54.6 Å². The van der Waals surface area contributed by atoms with Crippen molar-refractivity contribution in [3.8, 4) is 17.7 Å². The number of nitrogens with zero attached hydrogens (tertiary/aromatic N) is 2. The normalized spacial score (nSPS) is 10.3. The Hall–Kier alpha value is -2.90. The minimum atomic E-state index is -0.133. The fourth-order valence-corrected chi connectivity index (χ4v) is 2.09. The molecule has 0 unspecified atom stereocenters. The number of fused-ring (bicyclic) bond motifs is 1. The zero-order valence-electron chi connectivity index (χ0n) is 11.2. The van der Waals surface area contributed by atoms with E-state index in [4.69, 9.17) is 4.74 Å². The number of para-hydroxylation sites is 2. The highest BCUT2D eigenvalue weighted by atomic mass is 16.5. The third-order valence-electron chi connectivity index (χ3n) is 3.16. The SMILES string of the molecule is N#Cc1cc2ccccc2nc1Oc1ccccc1CO. The van der Waals surface area contributed by atoms with E-state index in [0.29, 0.717) is 16.9 Å². The molecule has 0 saturated heterocycles. The minimum absolute atomic E-state index is 0.133. The van der Waals surface area contributed by atoms with Crippen molar-refractivity contribution < 1.29 is 9.84 Å². The first-order chi connectivity index (χ1) is 10.3. The fraction of sp³-hybridized carbons (Fsp3) is 0.0588. The van der Waals surface area contributed by atoms with Crippen molar-refractivity contribution in [3.05, 3.63) is 65.7 Å². The first-order valence-electron chi connectivity index (χ1n) is 6.48. The van der Waals surface area contributed by atoms with Crippen molar-refractivity contribution in [2.24, 2.45) is 0 Å². The number of hydrogen-bond acceptors (Lipinski definition) is 4. The molecule has 0 spiro atoms. The van der Waals surface area contributed by atoms with Gasteiger partial charge in [-0.1, -0.05) is 36.4 Å². The summed E-state index contributed by atoms with van der Waals surface area (Å²) in [5.74, 6) is 0.747. The second kappa shape index (κ2) is 5.61. The van der Waals surface area contributed by atoms with Gasteiger partial charge in [-0.2, -0.15) is 5.26 Å². The molecule has 0 amide bonds. The highest BCUT2D eigenvalue weighted by Gasteiger charge is 2.11. The molecule has 0 fully saturated rings. The van der Waals surface area contributed by atoms with E-state index >= 15 is 0 Å². The predicted molar refractivity (Wildman–Crippen MR) is 78.9 cm³/mol. The first kappa shape index (κ1) is 13.1. The maximum absolute atomic E-state index is 9.33. The third-order valence-corrected chi connectivity index (χ3v) is 3.16. The quantitative estimate of drug-likeness (QED) is 0.796. The number of pyridine rings is 1. The van der Waals surface area contributed by atoms with Crippen LogP contribution >= 0.6 is 0 Å². The van der Waals surface area contributed by atoms with Gasteiger partial charge in [0, 0.05) is 10.9 Å². The molecule has 0 aliphatic carbocycles. The van der Waals surface area contributed by atoms with Gasteiger partial charge in [-0.25, -0.2) is 4.98 Å². The van der Waals surface area contributed by atoms with Gasteiger partial charge in [0.05, 0.1) is 12.1 Å². The van der Waals surface area contributed by atoms with Crippen LogP contribution in [0.4, 0.5) is 0 Å². The lowest BCUT2D eigenvalue weighted by molar-refractivity contribution is 0.276. The molecule has 1 heterocycles. The van der Waals surface area contributed by atoms with E-state index in [1.165, 1.54) is 0 Å². The molecule has 0 saturated carbocycles. The molecular formula is C17H12N2O2. The average molecular weight is 276 g/mol. The van der Waals surface area contributed by atoms with Crippen molar-refractivity contribution >= 4 is 10.9 Å². The Bertz CT molecular complexity index is 838. The van der Waals surface area contributed by atoms with Crippen LogP contribution in [-0.4, -0.2) is 10.1 Å². The maximum atomic E-state index is 9.33. The van der Waals surface area contributed by atoms with Gasteiger partial charge in [0.2, 0.25) is 5.88 Å². The van der Waals surface area contributed by atoms with E-state index in [1.807, 2.05) is 36.4 Å². The third kappa shape index (κ3) is 2.55. The molecule has 3 aromatic rings. The highest BCUT2D eigenvalue weighted by molar-refractivity contribution is 5.81. The Morgan fingerprint density at radius 1 is 1.10 bits per heavy atom. The summed E-state index contributed by atoms with van der Waals surface area (Å²) in [7, 11) is 0. The molecule has 2 aromatic carbocycles. The van der Waals surface area contributed by atoms with Crippen LogP contribution in [0.2, 0.25) is 0 Å². The van der Waals surface area contributed by atoms with E-state index in [9.17, 15) is 10.4 Å². The lowest BCUT2D eigenvalue weighted by Gasteiger charge is -2.10. The molecule has 4 heteroatoms. The number of aromatic nitrogens is 1. The van der Waals surface area contributed by atoms with Crippen LogP contribution in [0.5, 0.6) is 11.6 Å². The predicted octanol–water partition coefficient (Wildman–Crippen LogP) is 3.39. The summed E-state index contributed by atoms with van der Waals surface area (Å²) in [6, 6.07) is 18.5. The number of aliphatic hydroxyl groups is 1. The van der Waals surface area contributed by atoms with E-state index in [-0.39, 0.29) is 12.5 Å². The Kier molecular flexibility index (Phi) is 3.50. The van der Waals surface area contributed by atoms with E-state index < -0.39 is 0 Å². The summed E-state index contributed by atoms with van der Waals surface area (Å²) < 4.78 is 5.74. The summed E-state index contributed by atoms with van der Waals surface area (Å²) in [6.07, 6.45) is 0. The Morgan fingerprint density at radius 3 is 2.67 bits per heavy atom. The van der Waals surface area contributed by atoms with E-state index in [2.05, 4.69) is 11.1 Å². The Labute approximate surface area is 121 Å². The van der Waals surface area contributed by atoms with Crippen molar-refractivity contribution in [2.75, 3.05) is 0 Å². The highest BCUT2D eigenvalue weighted by Crippen LogP contribution is 2.28. The average Bonchev–Trinajstić information content (AvgIpc) is 2.54. The van der Waals surface area contributed by atoms with E-state index in [0.717, 1.165) is 10.9 Å². The van der Waals surface area contributed by atoms with Gasteiger partial charge in [0.25, 0.3) is 0 Å². The molecule has 0 bridgehead atoms. The number of benzene rings is 2. The van der Waals surface area contributed by atoms with Crippen molar-refractivity contribution in [2.45, 2.75) is 6.61 Å². The van der Waals surface area contributed by atoms with Gasteiger partial charge in [-0.15, -0.1) is 0 Å². The second-order valence-electron chi connectivity index (χ2n) is 4.51. The minimum Gasteiger partial charge on any atom is -0.437 e. The van der Waals surface area contributed by atoms with Gasteiger partial charge in [0.1, 0.15) is 17.4 Å². The molecule has 21 heavy (non-hydrogen) atoms. The van der Waals surface area contributed by atoms with Crippen molar-refractivity contribution in [3.63, 3.8) is 0 Å². The number of rotatable bonds is 3. The van der Waals surface area contributed by atoms with Crippen LogP contribution in [0.1, 0.15) is 11.1 Å². The van der Waals surface area contributed by atoms with Gasteiger partial charge in [-0.05, 0) is 18.2 Å². The fourth-order valence-electron chi connectivity index (χ4n) is 2.09. The topological polar surface area (TPSA) is 66.1 Å². The van der Waals surface area contributed by atoms with Crippen molar-refractivity contribution in [1.29, 1.82) is 5.26 Å². The molecule has 1 N–H and O–H groups in total. The maximum Gasteiger partial charge on any atom is 0.237 e. The summed E-state index contributed by atoms with van der Waals surface area (Å²) in [5, 5.41) is 19.5. The lowest BCUT2D eigenvalue weighted by atomic mass is 10.1. The largest absolute Gasteiger partial charge is 0.437 e. The van der Waals surface area contributed by atoms with E-state index in [1.54, 1.807) is 18.2 Å². The lowest BCUT2D eigenvalue weighted by Crippen LogP contribution is -1.96. The van der Waals surface area contributed by atoms with Crippen LogP contribution in [0.3, 0.4) is 0 Å². The molecule has 1 aromatic heterocycles. The molecule has 3 rings (SSSR count). The molecular weight excluding hydrogens is 264 g/mol. The van der Waals surface area contributed by atoms with Gasteiger partial charge in [-0.3, -0.25) is 0 Å². The smallest absolute Gasteiger partial charge is 0.237 e. The van der Waals surface area contributed by atoms with Crippen molar-refractivity contribution in [1.82, 2.24) is 4.98 Å². The number of ether oxygens (including phenoxy) is 1. The van der Waals surface area contributed by atoms with Crippen LogP contribution in [-0.2, 0) is 6.61 Å². The summed E-state index contributed by atoms with van der Waals surface area (Å²) in [4.78, 5) is 4.39. The molecule has 0 aliphatic heterocycles. The molecule has 0 atom stereocenters. The number of aliphatic hydroxyl groups excluding tert-OH is 1. The summed E-state index contributed by atoms with van der Waals surface area (Å²) >= 11 is 0. The Balaban J connectivity index is 2.09. The van der Waals surface area contributed by atoms with Gasteiger partial charge in [0.15, 0.2) is 0 Å². The molecule has 0 aliphatic rings. The monoisotopic (exact) mass is 276 g/mol. The van der Waals surface area contributed by atoms with Crippen LogP contribution in [0.25, 0.3) is 10.9 Å². The molecule has 4 nitrogen and oxygen atoms in total. The zero-order valence-corrected chi connectivity index (χ0v) is 11.2. The first-order valence-corrected chi connectivity index (χ1v) is 6.48. The number of nitriles is 1. The standard InChI is InChI=1S/C17H12N2O2/c18-10-14-9-12-5-1-3-7-15(12)19-17(14)21-16-8-4-2-6-13(16)11-20/h1-9,20H,11H2. The summed E-state index contributed by atoms with van der Waals surface area (Å²) in [5.41, 5.74) is 1.77. The molecule has 102 valence electrons. The van der Waals surface area contributed by atoms with Crippen LogP contribution < -0.4 is 4.74 Å². The second-order valence-corrected chi connectivity index (χ2v) is 4.51. The zero-order chi connectivity index (χ0) is 14.7. The molecule has 0 radical (unpaired) electrons. The number of hydrogen-bond donors (Lipinski definition) is 1. The Morgan fingerprint density at radius 2 is 1.86 bits per heavy atom. The van der Waals surface area contributed by atoms with Gasteiger partial charge >= 0.3 is 0 Å². The van der Waals surface area contributed by atoms with Crippen LogP contribution in [0, 0.1) is 11.3 Å². The summed E-state index contributed by atoms with van der Waals surface area (Å²) in [6.45, 7) is -0.133.